The molecule has 2 aliphatic rings. The van der Waals surface area contributed by atoms with Crippen molar-refractivity contribution in [2.45, 2.75) is 30.3 Å². The number of sulfonamides is 1. The number of para-hydroxylation sites is 2. The van der Waals surface area contributed by atoms with Gasteiger partial charge >= 0.3 is 0 Å². The van der Waals surface area contributed by atoms with Crippen molar-refractivity contribution in [2.24, 2.45) is 0 Å². The third-order valence-corrected chi connectivity index (χ3v) is 7.54. The standard InChI is InChI=1S/C24H28N2O6S/c1-30-22-11-9-18(15-23(22)33(28,29)26-13-5-2-6-14-26)10-12-24(27)25-16-19-17-31-20-7-3-4-8-21(20)32-19/h3-4,7-12,15,19H,2,5-6,13-14,16-17H2,1H3,(H,25,27)/b12-10+. The van der Waals surface area contributed by atoms with Crippen LogP contribution in [0.3, 0.4) is 0 Å². The number of nitrogens with one attached hydrogen (secondary N) is 1. The second kappa shape index (κ2) is 10.3. The first-order valence-electron chi connectivity index (χ1n) is 11.0. The van der Waals surface area contributed by atoms with Crippen LogP contribution in [0.2, 0.25) is 0 Å². The number of carbonyl (C=O) groups excluding carboxylic acids is 1. The van der Waals surface area contributed by atoms with E-state index in [1.54, 1.807) is 24.3 Å². The Hall–Kier alpha value is -3.04. The van der Waals surface area contributed by atoms with Crippen molar-refractivity contribution in [3.8, 4) is 17.2 Å². The second-order valence-corrected chi connectivity index (χ2v) is 9.86. The largest absolute Gasteiger partial charge is 0.495 e. The van der Waals surface area contributed by atoms with E-state index < -0.39 is 10.0 Å². The molecule has 0 radical (unpaired) electrons. The molecule has 0 saturated carbocycles. The third-order valence-electron chi connectivity index (χ3n) is 5.62. The van der Waals surface area contributed by atoms with Crippen LogP contribution in [-0.2, 0) is 14.8 Å². The first-order chi connectivity index (χ1) is 16.0. The van der Waals surface area contributed by atoms with E-state index in [0.717, 1.165) is 19.3 Å². The molecule has 2 heterocycles. The lowest BCUT2D eigenvalue weighted by atomic mass is 10.2. The Balaban J connectivity index is 1.39. The van der Waals surface area contributed by atoms with E-state index in [1.807, 2.05) is 24.3 Å². The second-order valence-electron chi connectivity index (χ2n) is 7.95. The summed E-state index contributed by atoms with van der Waals surface area (Å²) in [4.78, 5) is 12.4. The molecule has 1 N–H and O–H groups in total. The predicted octanol–water partition coefficient (Wildman–Crippen LogP) is 2.84. The van der Waals surface area contributed by atoms with E-state index in [2.05, 4.69) is 5.32 Å². The van der Waals surface area contributed by atoms with E-state index in [0.29, 0.717) is 36.8 Å². The maximum absolute atomic E-state index is 13.1. The lowest BCUT2D eigenvalue weighted by molar-refractivity contribution is -0.116. The van der Waals surface area contributed by atoms with E-state index in [4.69, 9.17) is 14.2 Å². The van der Waals surface area contributed by atoms with E-state index in [-0.39, 0.29) is 29.2 Å². The van der Waals surface area contributed by atoms with E-state index in [1.165, 1.54) is 17.5 Å². The quantitative estimate of drug-likeness (QED) is 0.623. The minimum atomic E-state index is -3.67. The SMILES string of the molecule is COc1ccc(/C=C/C(=O)NCC2COc3ccccc3O2)cc1S(=O)(=O)N1CCCCC1. The Morgan fingerprint density at radius 2 is 1.91 bits per heavy atom. The maximum Gasteiger partial charge on any atom is 0.246 e. The topological polar surface area (TPSA) is 94.2 Å². The fraction of sp³-hybridized carbons (Fsp3) is 0.375. The highest BCUT2D eigenvalue weighted by Crippen LogP contribution is 2.31. The molecule has 4 rings (SSSR count). The van der Waals surface area contributed by atoms with Gasteiger partial charge in [0.1, 0.15) is 23.4 Å². The number of rotatable bonds is 7. The lowest BCUT2D eigenvalue weighted by Crippen LogP contribution is -2.40. The molecule has 0 aliphatic carbocycles. The Kier molecular flexibility index (Phi) is 7.20. The number of amides is 1. The highest BCUT2D eigenvalue weighted by atomic mass is 32.2. The number of piperidine rings is 1. The number of carbonyl (C=O) groups is 1. The van der Waals surface area contributed by atoms with Crippen LogP contribution in [0.4, 0.5) is 0 Å². The maximum atomic E-state index is 13.1. The van der Waals surface area contributed by atoms with Gasteiger partial charge in [-0.05, 0) is 48.7 Å². The molecule has 0 bridgehead atoms. The highest BCUT2D eigenvalue weighted by Gasteiger charge is 2.29. The molecule has 0 spiro atoms. The summed E-state index contributed by atoms with van der Waals surface area (Å²) in [6, 6.07) is 12.3. The molecule has 1 unspecified atom stereocenters. The Morgan fingerprint density at radius 1 is 1.15 bits per heavy atom. The molecule has 176 valence electrons. The first-order valence-corrected chi connectivity index (χ1v) is 12.4. The Bertz CT molecular complexity index is 1130. The molecule has 2 aromatic rings. The molecule has 0 aromatic heterocycles. The third kappa shape index (κ3) is 5.48. The van der Waals surface area contributed by atoms with Crippen molar-refractivity contribution in [3.05, 3.63) is 54.1 Å². The van der Waals surface area contributed by atoms with Gasteiger partial charge in [-0.15, -0.1) is 0 Å². The summed E-state index contributed by atoms with van der Waals surface area (Å²) in [6.45, 7) is 1.64. The predicted molar refractivity (Wildman–Crippen MR) is 124 cm³/mol. The normalized spacial score (nSPS) is 18.8. The average Bonchev–Trinajstić information content (AvgIpc) is 2.86. The average molecular weight is 473 g/mol. The number of hydrogen-bond donors (Lipinski definition) is 1. The summed E-state index contributed by atoms with van der Waals surface area (Å²) in [6.07, 6.45) is 5.39. The van der Waals surface area contributed by atoms with E-state index in [9.17, 15) is 13.2 Å². The van der Waals surface area contributed by atoms with Crippen molar-refractivity contribution in [1.82, 2.24) is 9.62 Å². The van der Waals surface area contributed by atoms with Crippen LogP contribution in [0.15, 0.2) is 53.4 Å². The smallest absolute Gasteiger partial charge is 0.246 e. The molecular weight excluding hydrogens is 444 g/mol. The van der Waals surface area contributed by atoms with Gasteiger partial charge in [0.15, 0.2) is 11.5 Å². The van der Waals surface area contributed by atoms with Crippen molar-refractivity contribution < 1.29 is 27.4 Å². The minimum absolute atomic E-state index is 0.112. The number of benzene rings is 2. The number of nitrogens with zero attached hydrogens (tertiary/aromatic N) is 1. The summed E-state index contributed by atoms with van der Waals surface area (Å²) in [5, 5.41) is 2.79. The minimum Gasteiger partial charge on any atom is -0.495 e. The number of ether oxygens (including phenoxy) is 3. The molecule has 1 atom stereocenters. The summed E-state index contributed by atoms with van der Waals surface area (Å²) in [5.74, 6) is 1.32. The van der Waals surface area contributed by atoms with Gasteiger partial charge in [-0.1, -0.05) is 24.6 Å². The van der Waals surface area contributed by atoms with Gasteiger partial charge in [0.05, 0.1) is 13.7 Å². The van der Waals surface area contributed by atoms with Crippen molar-refractivity contribution in [2.75, 3.05) is 33.4 Å². The number of methoxy groups -OCH3 is 1. The number of hydrogen-bond acceptors (Lipinski definition) is 6. The summed E-state index contributed by atoms with van der Waals surface area (Å²) < 4.78 is 44.6. The molecule has 8 nitrogen and oxygen atoms in total. The van der Waals surface area contributed by atoms with Crippen LogP contribution in [-0.4, -0.2) is 58.1 Å². The fourth-order valence-corrected chi connectivity index (χ4v) is 5.56. The van der Waals surface area contributed by atoms with Crippen LogP contribution in [0, 0.1) is 0 Å². The number of fused-ring (bicyclic) bond motifs is 1. The summed E-state index contributed by atoms with van der Waals surface area (Å²) >= 11 is 0. The van der Waals surface area contributed by atoms with Gasteiger partial charge < -0.3 is 19.5 Å². The zero-order valence-corrected chi connectivity index (χ0v) is 19.3. The van der Waals surface area contributed by atoms with Gasteiger partial charge in [-0.2, -0.15) is 4.31 Å². The van der Waals surface area contributed by atoms with Gasteiger partial charge in [-0.25, -0.2) is 8.42 Å². The van der Waals surface area contributed by atoms with Crippen LogP contribution in [0.1, 0.15) is 24.8 Å². The Labute approximate surface area is 194 Å². The lowest BCUT2D eigenvalue weighted by Gasteiger charge is -2.26. The van der Waals surface area contributed by atoms with Crippen LogP contribution >= 0.6 is 0 Å². The molecule has 9 heteroatoms. The Morgan fingerprint density at radius 3 is 2.67 bits per heavy atom. The molecule has 33 heavy (non-hydrogen) atoms. The zero-order chi connectivity index (χ0) is 23.3. The van der Waals surface area contributed by atoms with Crippen molar-refractivity contribution >= 4 is 22.0 Å². The van der Waals surface area contributed by atoms with E-state index >= 15 is 0 Å². The monoisotopic (exact) mass is 472 g/mol. The molecular formula is C24H28N2O6S. The van der Waals surface area contributed by atoms with Crippen molar-refractivity contribution in [3.63, 3.8) is 0 Å². The summed E-state index contributed by atoms with van der Waals surface area (Å²) in [5.41, 5.74) is 0.590. The fourth-order valence-electron chi connectivity index (χ4n) is 3.85. The molecule has 1 saturated heterocycles. The molecule has 1 fully saturated rings. The highest BCUT2D eigenvalue weighted by molar-refractivity contribution is 7.89. The van der Waals surface area contributed by atoms with Gasteiger partial charge in [0.25, 0.3) is 0 Å². The first kappa shape index (κ1) is 23.1. The van der Waals surface area contributed by atoms with Gasteiger partial charge in [0.2, 0.25) is 15.9 Å². The summed E-state index contributed by atoms with van der Waals surface area (Å²) in [7, 11) is -2.22. The van der Waals surface area contributed by atoms with Crippen LogP contribution in [0.5, 0.6) is 17.2 Å². The van der Waals surface area contributed by atoms with Gasteiger partial charge in [-0.3, -0.25) is 4.79 Å². The zero-order valence-electron chi connectivity index (χ0n) is 18.5. The molecule has 1 amide bonds. The molecule has 2 aliphatic heterocycles. The van der Waals surface area contributed by atoms with Crippen LogP contribution < -0.4 is 19.5 Å². The van der Waals surface area contributed by atoms with Gasteiger partial charge in [0, 0.05) is 19.2 Å². The molecule has 2 aromatic carbocycles. The van der Waals surface area contributed by atoms with Crippen molar-refractivity contribution in [1.29, 1.82) is 0 Å². The van der Waals surface area contributed by atoms with Crippen LogP contribution in [0.25, 0.3) is 6.08 Å².